The predicted molar refractivity (Wildman–Crippen MR) is 63.0 cm³/mol. The Bertz CT molecular complexity index is 178. The predicted octanol–water partition coefficient (Wildman–Crippen LogP) is 3.48. The van der Waals surface area contributed by atoms with E-state index in [4.69, 9.17) is 4.74 Å². The average molecular weight is 215 g/mol. The fourth-order valence-electron chi connectivity index (χ4n) is 1.50. The number of rotatable bonds is 7. The molecule has 0 aliphatic carbocycles. The van der Waals surface area contributed by atoms with Crippen LogP contribution in [0.25, 0.3) is 0 Å². The number of amides is 1. The van der Waals surface area contributed by atoms with Crippen molar-refractivity contribution in [1.29, 1.82) is 0 Å². The van der Waals surface area contributed by atoms with Gasteiger partial charge in [-0.15, -0.1) is 0 Å². The number of unbranched alkanes of at least 4 members (excludes halogenated alkanes) is 3. The lowest BCUT2D eigenvalue weighted by atomic mass is 9.97. The summed E-state index contributed by atoms with van der Waals surface area (Å²) in [5.41, 5.74) is -0.153. The van der Waals surface area contributed by atoms with Crippen LogP contribution in [-0.2, 0) is 4.74 Å². The summed E-state index contributed by atoms with van der Waals surface area (Å²) in [6.45, 7) is 8.51. The van der Waals surface area contributed by atoms with Crippen LogP contribution < -0.4 is 5.32 Å². The number of carbonyl (C=O) groups excluding carboxylic acids is 1. The highest BCUT2D eigenvalue weighted by Gasteiger charge is 2.20. The van der Waals surface area contributed by atoms with Gasteiger partial charge in [-0.2, -0.15) is 0 Å². The lowest BCUT2D eigenvalue weighted by Crippen LogP contribution is -2.43. The smallest absolute Gasteiger partial charge is 0.407 e. The monoisotopic (exact) mass is 215 g/mol. The Morgan fingerprint density at radius 3 is 2.40 bits per heavy atom. The zero-order valence-electron chi connectivity index (χ0n) is 10.6. The topological polar surface area (TPSA) is 38.3 Å². The van der Waals surface area contributed by atoms with Crippen molar-refractivity contribution < 1.29 is 9.53 Å². The summed E-state index contributed by atoms with van der Waals surface area (Å²) in [5.74, 6) is 0. The first-order chi connectivity index (χ1) is 7.02. The second-order valence-corrected chi connectivity index (χ2v) is 4.54. The van der Waals surface area contributed by atoms with Gasteiger partial charge < -0.3 is 10.1 Å². The Morgan fingerprint density at radius 1 is 1.20 bits per heavy atom. The van der Waals surface area contributed by atoms with Crippen molar-refractivity contribution in [3.63, 3.8) is 0 Å². The van der Waals surface area contributed by atoms with Gasteiger partial charge in [0.25, 0.3) is 0 Å². The molecule has 3 heteroatoms. The summed E-state index contributed by atoms with van der Waals surface area (Å²) < 4.78 is 4.86. The van der Waals surface area contributed by atoms with Gasteiger partial charge in [-0.3, -0.25) is 0 Å². The largest absolute Gasteiger partial charge is 0.450 e. The average Bonchev–Trinajstić information content (AvgIpc) is 2.12. The number of alkyl carbamates (subject to hydrolysis) is 1. The van der Waals surface area contributed by atoms with Crippen LogP contribution in [0.2, 0.25) is 0 Å². The molecule has 0 aromatic heterocycles. The molecule has 1 N–H and O–H groups in total. The molecule has 0 atom stereocenters. The van der Waals surface area contributed by atoms with E-state index in [9.17, 15) is 4.79 Å². The number of nitrogens with one attached hydrogen (secondary N) is 1. The molecular weight excluding hydrogens is 190 g/mol. The Kier molecular flexibility index (Phi) is 7.18. The third-order valence-corrected chi connectivity index (χ3v) is 2.37. The number of hydrogen-bond donors (Lipinski definition) is 1. The fraction of sp³-hybridized carbons (Fsp3) is 0.917. The van der Waals surface area contributed by atoms with Crippen LogP contribution in [0, 0.1) is 0 Å². The lowest BCUT2D eigenvalue weighted by Gasteiger charge is -2.25. The maximum atomic E-state index is 11.2. The van der Waals surface area contributed by atoms with Crippen LogP contribution in [0.3, 0.4) is 0 Å². The Hall–Kier alpha value is -0.730. The van der Waals surface area contributed by atoms with Crippen LogP contribution in [0.1, 0.15) is 59.8 Å². The minimum Gasteiger partial charge on any atom is -0.450 e. The SMILES string of the molecule is CCCCCCC(C)(C)NC(=O)OCC. The Morgan fingerprint density at radius 2 is 1.87 bits per heavy atom. The van der Waals surface area contributed by atoms with Gasteiger partial charge in [0.1, 0.15) is 0 Å². The molecule has 0 rings (SSSR count). The van der Waals surface area contributed by atoms with E-state index in [1.54, 1.807) is 0 Å². The number of hydrogen-bond acceptors (Lipinski definition) is 2. The molecular formula is C12H25NO2. The molecule has 1 amide bonds. The van der Waals surface area contributed by atoms with E-state index in [0.29, 0.717) is 6.61 Å². The van der Waals surface area contributed by atoms with E-state index < -0.39 is 0 Å². The summed E-state index contributed by atoms with van der Waals surface area (Å²) in [7, 11) is 0. The zero-order valence-corrected chi connectivity index (χ0v) is 10.6. The van der Waals surface area contributed by atoms with Gasteiger partial charge in [-0.25, -0.2) is 4.79 Å². The van der Waals surface area contributed by atoms with Crippen LogP contribution >= 0.6 is 0 Å². The van der Waals surface area contributed by atoms with Gasteiger partial charge in [0.05, 0.1) is 6.61 Å². The van der Waals surface area contributed by atoms with E-state index in [-0.39, 0.29) is 11.6 Å². The van der Waals surface area contributed by atoms with Gasteiger partial charge in [-0.05, 0) is 27.2 Å². The van der Waals surface area contributed by atoms with Crippen molar-refractivity contribution in [3.05, 3.63) is 0 Å². The standard InChI is InChI=1S/C12H25NO2/c1-5-7-8-9-10-12(3,4)13-11(14)15-6-2/h5-10H2,1-4H3,(H,13,14). The number of carbonyl (C=O) groups is 1. The molecule has 0 radical (unpaired) electrons. The third-order valence-electron chi connectivity index (χ3n) is 2.37. The maximum Gasteiger partial charge on any atom is 0.407 e. The molecule has 0 bridgehead atoms. The summed E-state index contributed by atoms with van der Waals surface area (Å²) in [6.07, 6.45) is 5.61. The molecule has 0 saturated heterocycles. The van der Waals surface area contributed by atoms with Crippen LogP contribution in [-0.4, -0.2) is 18.2 Å². The molecule has 0 aromatic carbocycles. The molecule has 0 aliphatic heterocycles. The van der Waals surface area contributed by atoms with Crippen molar-refractivity contribution in [1.82, 2.24) is 5.32 Å². The highest BCUT2D eigenvalue weighted by Crippen LogP contribution is 2.14. The van der Waals surface area contributed by atoms with Crippen molar-refractivity contribution >= 4 is 6.09 Å². The normalized spacial score (nSPS) is 11.2. The summed E-state index contributed by atoms with van der Waals surface area (Å²) in [4.78, 5) is 11.2. The van der Waals surface area contributed by atoms with Crippen molar-refractivity contribution in [2.24, 2.45) is 0 Å². The van der Waals surface area contributed by atoms with Crippen molar-refractivity contribution in [2.75, 3.05) is 6.61 Å². The van der Waals surface area contributed by atoms with Gasteiger partial charge in [-0.1, -0.05) is 32.6 Å². The highest BCUT2D eigenvalue weighted by atomic mass is 16.5. The maximum absolute atomic E-state index is 11.2. The molecule has 0 aromatic rings. The number of ether oxygens (including phenoxy) is 1. The van der Waals surface area contributed by atoms with Gasteiger partial charge in [0, 0.05) is 5.54 Å². The molecule has 90 valence electrons. The van der Waals surface area contributed by atoms with Crippen LogP contribution in [0.4, 0.5) is 4.79 Å². The van der Waals surface area contributed by atoms with E-state index >= 15 is 0 Å². The van der Waals surface area contributed by atoms with Crippen LogP contribution in [0.5, 0.6) is 0 Å². The molecule has 0 fully saturated rings. The van der Waals surface area contributed by atoms with Crippen LogP contribution in [0.15, 0.2) is 0 Å². The fourth-order valence-corrected chi connectivity index (χ4v) is 1.50. The third kappa shape index (κ3) is 8.28. The molecule has 0 aliphatic rings. The van der Waals surface area contributed by atoms with E-state index in [2.05, 4.69) is 12.2 Å². The summed E-state index contributed by atoms with van der Waals surface area (Å²) >= 11 is 0. The van der Waals surface area contributed by atoms with Gasteiger partial charge >= 0.3 is 6.09 Å². The van der Waals surface area contributed by atoms with Crippen molar-refractivity contribution in [2.45, 2.75) is 65.3 Å². The lowest BCUT2D eigenvalue weighted by molar-refractivity contribution is 0.140. The minimum atomic E-state index is -0.307. The second kappa shape index (κ2) is 7.55. The Balaban J connectivity index is 3.70. The molecule has 0 saturated carbocycles. The molecule has 15 heavy (non-hydrogen) atoms. The minimum absolute atomic E-state index is 0.153. The summed E-state index contributed by atoms with van der Waals surface area (Å²) in [6, 6.07) is 0. The summed E-state index contributed by atoms with van der Waals surface area (Å²) in [5, 5.41) is 2.87. The molecule has 0 unspecified atom stereocenters. The molecule has 3 nitrogen and oxygen atoms in total. The van der Waals surface area contributed by atoms with E-state index in [1.807, 2.05) is 20.8 Å². The molecule has 0 spiro atoms. The van der Waals surface area contributed by atoms with E-state index in [0.717, 1.165) is 12.8 Å². The van der Waals surface area contributed by atoms with Gasteiger partial charge in [0.15, 0.2) is 0 Å². The first kappa shape index (κ1) is 14.3. The van der Waals surface area contributed by atoms with Crippen molar-refractivity contribution in [3.8, 4) is 0 Å². The van der Waals surface area contributed by atoms with Gasteiger partial charge in [0.2, 0.25) is 0 Å². The zero-order chi connectivity index (χ0) is 11.7. The Labute approximate surface area is 93.6 Å². The highest BCUT2D eigenvalue weighted by molar-refractivity contribution is 5.68. The quantitative estimate of drug-likeness (QED) is 0.660. The molecule has 0 heterocycles. The first-order valence-corrected chi connectivity index (χ1v) is 5.96. The first-order valence-electron chi connectivity index (χ1n) is 5.96. The second-order valence-electron chi connectivity index (χ2n) is 4.54. The van der Waals surface area contributed by atoms with E-state index in [1.165, 1.54) is 19.3 Å².